The van der Waals surface area contributed by atoms with Crippen LogP contribution in [0.3, 0.4) is 0 Å². The number of fused-ring (bicyclic) bond motifs is 7. The molecule has 0 fully saturated rings. The first-order valence-electron chi connectivity index (χ1n) is 23.6. The Labute approximate surface area is 397 Å². The molecule has 0 amide bonds. The molecule has 13 rings (SSSR count). The molecule has 1 heteroatoms. The fraction of sp³-hybridized carbons (Fsp3) is 0.0149. The van der Waals surface area contributed by atoms with Gasteiger partial charge in [0.25, 0.3) is 0 Å². The molecule has 68 heavy (non-hydrogen) atoms. The average molecular weight is 864 g/mol. The van der Waals surface area contributed by atoms with Gasteiger partial charge < -0.3 is 4.90 Å². The summed E-state index contributed by atoms with van der Waals surface area (Å²) in [6, 6.07) is 101. The number of nitrogens with zero attached hydrogens (tertiary/aromatic N) is 1. The highest BCUT2D eigenvalue weighted by molar-refractivity contribution is 6.24. The number of hydrogen-bond donors (Lipinski definition) is 0. The molecule has 12 aromatic rings. The maximum Gasteiger partial charge on any atom is 0.0714 e. The van der Waals surface area contributed by atoms with Crippen LogP contribution in [-0.2, 0) is 5.41 Å². The van der Waals surface area contributed by atoms with E-state index in [2.05, 4.69) is 278 Å². The third kappa shape index (κ3) is 6.17. The van der Waals surface area contributed by atoms with Crippen LogP contribution in [0.5, 0.6) is 0 Å². The Morgan fingerprint density at radius 3 is 1.37 bits per heavy atom. The molecule has 0 saturated heterocycles. The van der Waals surface area contributed by atoms with Crippen LogP contribution in [0.4, 0.5) is 17.1 Å². The second-order valence-corrected chi connectivity index (χ2v) is 17.9. The summed E-state index contributed by atoms with van der Waals surface area (Å²) in [5.41, 5.74) is 17.5. The van der Waals surface area contributed by atoms with Crippen LogP contribution in [0.15, 0.2) is 273 Å². The number of rotatable bonds is 8. The highest BCUT2D eigenvalue weighted by Gasteiger charge is 2.47. The van der Waals surface area contributed by atoms with Gasteiger partial charge in [0.2, 0.25) is 0 Å². The Morgan fingerprint density at radius 1 is 0.265 bits per heavy atom. The molecule has 0 unspecified atom stereocenters. The first kappa shape index (κ1) is 39.6. The van der Waals surface area contributed by atoms with Crippen LogP contribution in [-0.4, -0.2) is 0 Å². The molecular formula is C67H45N. The molecule has 0 atom stereocenters. The Bertz CT molecular complexity index is 3770. The van der Waals surface area contributed by atoms with E-state index in [-0.39, 0.29) is 0 Å². The number of anilines is 3. The maximum atomic E-state index is 2.59. The minimum Gasteiger partial charge on any atom is -0.309 e. The van der Waals surface area contributed by atoms with Crippen molar-refractivity contribution in [2.45, 2.75) is 5.41 Å². The van der Waals surface area contributed by atoms with Crippen molar-refractivity contribution in [3.05, 3.63) is 295 Å². The van der Waals surface area contributed by atoms with Crippen molar-refractivity contribution < 1.29 is 0 Å². The van der Waals surface area contributed by atoms with Crippen molar-refractivity contribution in [1.82, 2.24) is 0 Å². The second kappa shape index (κ2) is 16.3. The highest BCUT2D eigenvalue weighted by Crippen LogP contribution is 2.61. The largest absolute Gasteiger partial charge is 0.309 e. The standard InChI is InChI=1S/C67H45N/c1-4-20-46(21-5-1)47-38-40-48(41-39-47)49-42-44-53(45-43-49)68(66-59-32-15-13-30-56(59)55-29-12-14-31-58(55)64(66)57-34-18-23-50-22-10-11-28-54(50)57)63-37-19-36-62-65(63)60-33-16-17-35-61(60)67(62,51-24-6-2-7-25-51)52-26-8-3-9-27-52/h1-45H. The summed E-state index contributed by atoms with van der Waals surface area (Å²) >= 11 is 0. The van der Waals surface area contributed by atoms with Crippen LogP contribution in [0.1, 0.15) is 22.3 Å². The zero-order valence-corrected chi connectivity index (χ0v) is 37.4. The van der Waals surface area contributed by atoms with Gasteiger partial charge in [0.15, 0.2) is 0 Å². The van der Waals surface area contributed by atoms with Gasteiger partial charge >= 0.3 is 0 Å². The van der Waals surface area contributed by atoms with Gasteiger partial charge in [-0.3, -0.25) is 0 Å². The van der Waals surface area contributed by atoms with Crippen LogP contribution >= 0.6 is 0 Å². The molecule has 12 aromatic carbocycles. The van der Waals surface area contributed by atoms with E-state index in [0.29, 0.717) is 0 Å². The van der Waals surface area contributed by atoms with Crippen LogP contribution in [0.2, 0.25) is 0 Å². The molecule has 0 heterocycles. The van der Waals surface area contributed by atoms with Crippen molar-refractivity contribution in [3.63, 3.8) is 0 Å². The predicted molar refractivity (Wildman–Crippen MR) is 287 cm³/mol. The SMILES string of the molecule is c1ccc(-c2ccc(-c3ccc(N(c4cccc5c4-c4ccccc4C5(c4ccccc4)c4ccccc4)c4c(-c5cccc6ccccc56)c5ccccc5c5ccccc45)cc3)cc2)cc1. The first-order valence-corrected chi connectivity index (χ1v) is 23.6. The minimum atomic E-state index is -0.560. The quantitative estimate of drug-likeness (QED) is 0.138. The summed E-state index contributed by atoms with van der Waals surface area (Å²) in [4.78, 5) is 2.59. The lowest BCUT2D eigenvalue weighted by atomic mass is 9.68. The van der Waals surface area contributed by atoms with Crippen molar-refractivity contribution >= 4 is 49.4 Å². The van der Waals surface area contributed by atoms with Crippen molar-refractivity contribution in [1.29, 1.82) is 0 Å². The van der Waals surface area contributed by atoms with E-state index in [0.717, 1.165) is 17.1 Å². The van der Waals surface area contributed by atoms with E-state index >= 15 is 0 Å². The summed E-state index contributed by atoms with van der Waals surface area (Å²) in [6.45, 7) is 0. The van der Waals surface area contributed by atoms with Gasteiger partial charge in [-0.2, -0.15) is 0 Å². The fourth-order valence-corrected chi connectivity index (χ4v) is 11.4. The van der Waals surface area contributed by atoms with Gasteiger partial charge in [0.1, 0.15) is 0 Å². The van der Waals surface area contributed by atoms with Gasteiger partial charge in [0, 0.05) is 22.2 Å². The Morgan fingerprint density at radius 2 is 0.706 bits per heavy atom. The van der Waals surface area contributed by atoms with E-state index in [1.165, 1.54) is 99.1 Å². The minimum absolute atomic E-state index is 0.560. The summed E-state index contributed by atoms with van der Waals surface area (Å²) in [7, 11) is 0. The molecule has 0 saturated carbocycles. The molecule has 0 bridgehead atoms. The Hall–Kier alpha value is -8.78. The van der Waals surface area contributed by atoms with E-state index < -0.39 is 5.41 Å². The van der Waals surface area contributed by atoms with Gasteiger partial charge in [-0.05, 0) is 101 Å². The Balaban J connectivity index is 1.13. The zero-order chi connectivity index (χ0) is 45.0. The lowest BCUT2D eigenvalue weighted by molar-refractivity contribution is 0.768. The van der Waals surface area contributed by atoms with Crippen molar-refractivity contribution in [2.75, 3.05) is 4.90 Å². The molecule has 0 aromatic heterocycles. The van der Waals surface area contributed by atoms with Crippen LogP contribution in [0, 0.1) is 0 Å². The predicted octanol–water partition coefficient (Wildman–Crippen LogP) is 18.0. The van der Waals surface area contributed by atoms with Crippen molar-refractivity contribution in [2.24, 2.45) is 0 Å². The maximum absolute atomic E-state index is 2.59. The molecule has 0 spiro atoms. The van der Waals surface area contributed by atoms with E-state index in [1.807, 2.05) is 0 Å². The van der Waals surface area contributed by atoms with E-state index in [4.69, 9.17) is 0 Å². The number of hydrogen-bond acceptors (Lipinski definition) is 1. The van der Waals surface area contributed by atoms with Crippen LogP contribution in [0.25, 0.3) is 76.8 Å². The smallest absolute Gasteiger partial charge is 0.0714 e. The monoisotopic (exact) mass is 863 g/mol. The lowest BCUT2D eigenvalue weighted by Crippen LogP contribution is -2.28. The molecular weight excluding hydrogens is 819 g/mol. The summed E-state index contributed by atoms with van der Waals surface area (Å²) in [6.07, 6.45) is 0. The zero-order valence-electron chi connectivity index (χ0n) is 37.4. The van der Waals surface area contributed by atoms with Gasteiger partial charge in [-0.15, -0.1) is 0 Å². The van der Waals surface area contributed by atoms with E-state index in [1.54, 1.807) is 0 Å². The second-order valence-electron chi connectivity index (χ2n) is 17.9. The molecule has 1 aliphatic rings. The normalized spacial score (nSPS) is 12.5. The molecule has 0 aliphatic heterocycles. The third-order valence-electron chi connectivity index (χ3n) is 14.3. The van der Waals surface area contributed by atoms with Gasteiger partial charge in [0.05, 0.1) is 16.8 Å². The first-order chi connectivity index (χ1) is 33.8. The van der Waals surface area contributed by atoms with Gasteiger partial charge in [-0.25, -0.2) is 0 Å². The lowest BCUT2D eigenvalue weighted by Gasteiger charge is -2.35. The topological polar surface area (TPSA) is 3.24 Å². The third-order valence-corrected chi connectivity index (χ3v) is 14.3. The summed E-state index contributed by atoms with van der Waals surface area (Å²) in [5.74, 6) is 0. The summed E-state index contributed by atoms with van der Waals surface area (Å²) < 4.78 is 0. The van der Waals surface area contributed by atoms with E-state index in [9.17, 15) is 0 Å². The van der Waals surface area contributed by atoms with Gasteiger partial charge in [-0.1, -0.05) is 255 Å². The highest BCUT2D eigenvalue weighted by atomic mass is 15.2. The molecule has 1 aliphatic carbocycles. The fourth-order valence-electron chi connectivity index (χ4n) is 11.4. The Kier molecular flexibility index (Phi) is 9.47. The molecule has 0 radical (unpaired) electrons. The number of benzene rings is 12. The molecule has 1 nitrogen and oxygen atoms in total. The molecule has 0 N–H and O–H groups in total. The molecule has 318 valence electrons. The average Bonchev–Trinajstić information content (AvgIpc) is 3.73. The van der Waals surface area contributed by atoms with Crippen molar-refractivity contribution in [3.8, 4) is 44.5 Å². The van der Waals surface area contributed by atoms with Crippen LogP contribution < -0.4 is 4.90 Å². The summed E-state index contributed by atoms with van der Waals surface area (Å²) in [5, 5.41) is 7.30.